The van der Waals surface area contributed by atoms with Crippen molar-refractivity contribution in [2.75, 3.05) is 11.4 Å². The molecule has 0 radical (unpaired) electrons. The lowest BCUT2D eigenvalue weighted by molar-refractivity contribution is 0.0947. The van der Waals surface area contributed by atoms with E-state index in [0.29, 0.717) is 30.0 Å². The van der Waals surface area contributed by atoms with Gasteiger partial charge in [-0.1, -0.05) is 17.7 Å². The summed E-state index contributed by atoms with van der Waals surface area (Å²) in [5.74, 6) is 0.558. The number of aryl methyl sites for hydroxylation is 2. The first kappa shape index (κ1) is 18.0. The Morgan fingerprint density at radius 3 is 2.75 bits per heavy atom. The van der Waals surface area contributed by atoms with Crippen molar-refractivity contribution >= 4 is 17.5 Å². The van der Waals surface area contributed by atoms with Crippen molar-refractivity contribution in [3.05, 3.63) is 88.9 Å². The molecule has 2 aromatic carbocycles. The molecular formula is C23H22N2O3. The molecule has 1 aliphatic rings. The van der Waals surface area contributed by atoms with Gasteiger partial charge in [-0.25, -0.2) is 0 Å². The van der Waals surface area contributed by atoms with E-state index in [4.69, 9.17) is 4.42 Å². The van der Waals surface area contributed by atoms with Crippen LogP contribution in [0.1, 0.15) is 44.0 Å². The van der Waals surface area contributed by atoms with Crippen LogP contribution in [0.2, 0.25) is 0 Å². The molecule has 2 heterocycles. The number of furan rings is 1. The van der Waals surface area contributed by atoms with Crippen LogP contribution in [0.4, 0.5) is 5.69 Å². The van der Waals surface area contributed by atoms with Crippen molar-refractivity contribution in [3.63, 3.8) is 0 Å². The highest BCUT2D eigenvalue weighted by Crippen LogP contribution is 2.29. The van der Waals surface area contributed by atoms with Crippen molar-refractivity contribution < 1.29 is 14.0 Å². The molecule has 0 bridgehead atoms. The lowest BCUT2D eigenvalue weighted by atomic mass is 9.98. The fraction of sp³-hybridized carbons (Fsp3) is 0.217. The predicted octanol–water partition coefficient (Wildman–Crippen LogP) is 4.11. The van der Waals surface area contributed by atoms with Gasteiger partial charge in [0.1, 0.15) is 5.76 Å². The molecule has 1 aliphatic heterocycles. The van der Waals surface area contributed by atoms with Gasteiger partial charge in [0, 0.05) is 23.4 Å². The molecule has 0 aliphatic carbocycles. The number of rotatable bonds is 4. The predicted molar refractivity (Wildman–Crippen MR) is 107 cm³/mol. The van der Waals surface area contributed by atoms with E-state index in [1.165, 1.54) is 0 Å². The maximum absolute atomic E-state index is 13.0. The standard InChI is InChI=1S/C23H22N2O3/c1-16-5-2-6-19(13-16)23(27)25-11-3-7-17-14-18(9-10-21(17)25)22(26)24-15-20-8-4-12-28-20/h2,4-6,8-10,12-14H,3,7,11,15H2,1H3,(H,24,26). The van der Waals surface area contributed by atoms with E-state index in [2.05, 4.69) is 5.32 Å². The molecule has 4 rings (SSSR count). The molecule has 2 amide bonds. The second kappa shape index (κ2) is 7.72. The largest absolute Gasteiger partial charge is 0.467 e. The van der Waals surface area contributed by atoms with Crippen molar-refractivity contribution in [3.8, 4) is 0 Å². The van der Waals surface area contributed by atoms with Crippen molar-refractivity contribution in [1.29, 1.82) is 0 Å². The van der Waals surface area contributed by atoms with Crippen LogP contribution < -0.4 is 10.2 Å². The van der Waals surface area contributed by atoms with Gasteiger partial charge in [-0.2, -0.15) is 0 Å². The topological polar surface area (TPSA) is 62.6 Å². The summed E-state index contributed by atoms with van der Waals surface area (Å²) in [6.07, 6.45) is 3.31. The zero-order valence-corrected chi connectivity index (χ0v) is 15.8. The summed E-state index contributed by atoms with van der Waals surface area (Å²) in [5, 5.41) is 2.86. The molecule has 0 fully saturated rings. The number of anilines is 1. The van der Waals surface area contributed by atoms with Crippen LogP contribution in [0.25, 0.3) is 0 Å². The zero-order chi connectivity index (χ0) is 19.5. The van der Waals surface area contributed by atoms with Crippen LogP contribution in [-0.4, -0.2) is 18.4 Å². The molecule has 28 heavy (non-hydrogen) atoms. The van der Waals surface area contributed by atoms with Crippen LogP contribution >= 0.6 is 0 Å². The smallest absolute Gasteiger partial charge is 0.258 e. The van der Waals surface area contributed by atoms with E-state index in [0.717, 1.165) is 29.7 Å². The third-order valence-electron chi connectivity index (χ3n) is 4.97. The molecule has 0 unspecified atom stereocenters. The Morgan fingerprint density at radius 2 is 1.96 bits per heavy atom. The summed E-state index contributed by atoms with van der Waals surface area (Å²) < 4.78 is 5.24. The summed E-state index contributed by atoms with van der Waals surface area (Å²) in [5.41, 5.74) is 4.26. The van der Waals surface area contributed by atoms with Gasteiger partial charge in [-0.15, -0.1) is 0 Å². The van der Waals surface area contributed by atoms with E-state index in [1.807, 2.05) is 54.3 Å². The van der Waals surface area contributed by atoms with Crippen LogP contribution in [0.15, 0.2) is 65.3 Å². The van der Waals surface area contributed by atoms with E-state index >= 15 is 0 Å². The minimum atomic E-state index is -0.152. The second-order valence-electron chi connectivity index (χ2n) is 7.04. The third kappa shape index (κ3) is 3.69. The minimum Gasteiger partial charge on any atom is -0.467 e. The number of benzene rings is 2. The van der Waals surface area contributed by atoms with Crippen LogP contribution in [0, 0.1) is 6.92 Å². The molecule has 5 nitrogen and oxygen atoms in total. The van der Waals surface area contributed by atoms with E-state index < -0.39 is 0 Å². The summed E-state index contributed by atoms with van der Waals surface area (Å²) >= 11 is 0. The highest BCUT2D eigenvalue weighted by atomic mass is 16.3. The summed E-state index contributed by atoms with van der Waals surface area (Å²) in [7, 11) is 0. The van der Waals surface area contributed by atoms with E-state index in [9.17, 15) is 9.59 Å². The highest BCUT2D eigenvalue weighted by Gasteiger charge is 2.24. The first-order chi connectivity index (χ1) is 13.6. The van der Waals surface area contributed by atoms with Crippen molar-refractivity contribution in [2.24, 2.45) is 0 Å². The number of nitrogens with zero attached hydrogens (tertiary/aromatic N) is 1. The van der Waals surface area contributed by atoms with Crippen LogP contribution in [0.3, 0.4) is 0 Å². The van der Waals surface area contributed by atoms with Gasteiger partial charge in [0.25, 0.3) is 11.8 Å². The average molecular weight is 374 g/mol. The monoisotopic (exact) mass is 374 g/mol. The number of hydrogen-bond donors (Lipinski definition) is 1. The Kier molecular flexibility index (Phi) is 4.98. The van der Waals surface area contributed by atoms with Gasteiger partial charge in [-0.05, 0) is 67.8 Å². The normalized spacial score (nSPS) is 13.1. The Balaban J connectivity index is 1.53. The molecule has 0 saturated heterocycles. The van der Waals surface area contributed by atoms with Crippen molar-refractivity contribution in [2.45, 2.75) is 26.3 Å². The van der Waals surface area contributed by atoms with Crippen LogP contribution in [-0.2, 0) is 13.0 Å². The Hall–Kier alpha value is -3.34. The van der Waals surface area contributed by atoms with Gasteiger partial charge in [0.05, 0.1) is 12.8 Å². The SMILES string of the molecule is Cc1cccc(C(=O)N2CCCc3cc(C(=O)NCc4ccco4)ccc32)c1. The molecule has 0 spiro atoms. The molecular weight excluding hydrogens is 352 g/mol. The number of hydrogen-bond acceptors (Lipinski definition) is 3. The summed E-state index contributed by atoms with van der Waals surface area (Å²) in [6.45, 7) is 3.01. The summed E-state index contributed by atoms with van der Waals surface area (Å²) in [6, 6.07) is 16.8. The summed E-state index contributed by atoms with van der Waals surface area (Å²) in [4.78, 5) is 27.3. The lowest BCUT2D eigenvalue weighted by Gasteiger charge is -2.30. The van der Waals surface area contributed by atoms with Crippen LogP contribution in [0.5, 0.6) is 0 Å². The number of amides is 2. The van der Waals surface area contributed by atoms with Gasteiger partial charge in [0.15, 0.2) is 0 Å². The first-order valence-corrected chi connectivity index (χ1v) is 9.44. The van der Waals surface area contributed by atoms with Gasteiger partial charge in [-0.3, -0.25) is 9.59 Å². The first-order valence-electron chi connectivity index (χ1n) is 9.44. The lowest BCUT2D eigenvalue weighted by Crippen LogP contribution is -2.35. The minimum absolute atomic E-state index is 0.000305. The molecule has 5 heteroatoms. The van der Waals surface area contributed by atoms with Gasteiger partial charge >= 0.3 is 0 Å². The van der Waals surface area contributed by atoms with Crippen molar-refractivity contribution in [1.82, 2.24) is 5.32 Å². The average Bonchev–Trinajstić information content (AvgIpc) is 3.24. The molecule has 3 aromatic rings. The number of carbonyl (C=O) groups is 2. The maximum Gasteiger partial charge on any atom is 0.258 e. The fourth-order valence-electron chi connectivity index (χ4n) is 3.57. The van der Waals surface area contributed by atoms with E-state index in [1.54, 1.807) is 18.4 Å². The van der Waals surface area contributed by atoms with Gasteiger partial charge < -0.3 is 14.6 Å². The number of carbonyl (C=O) groups excluding carboxylic acids is 2. The molecule has 142 valence electrons. The second-order valence-corrected chi connectivity index (χ2v) is 7.04. The quantitative estimate of drug-likeness (QED) is 0.747. The zero-order valence-electron chi connectivity index (χ0n) is 15.8. The number of fused-ring (bicyclic) bond motifs is 1. The fourth-order valence-corrected chi connectivity index (χ4v) is 3.57. The van der Waals surface area contributed by atoms with E-state index in [-0.39, 0.29) is 11.8 Å². The highest BCUT2D eigenvalue weighted by molar-refractivity contribution is 6.07. The molecule has 1 N–H and O–H groups in total. The number of nitrogens with one attached hydrogen (secondary N) is 1. The molecule has 0 atom stereocenters. The maximum atomic E-state index is 13.0. The Morgan fingerprint density at radius 1 is 1.07 bits per heavy atom. The molecule has 1 aromatic heterocycles. The Labute approximate surface area is 164 Å². The van der Waals surface area contributed by atoms with Gasteiger partial charge in [0.2, 0.25) is 0 Å². The third-order valence-corrected chi connectivity index (χ3v) is 4.97. The molecule has 0 saturated carbocycles. The Bertz CT molecular complexity index is 1010.